The third-order valence-electron chi connectivity index (χ3n) is 5.94. The molecule has 3 rings (SSSR count). The number of nitrogens with zero attached hydrogens (tertiary/aromatic N) is 1. The molecule has 0 radical (unpaired) electrons. The fraction of sp³-hybridized carbons (Fsp3) is 0.276. The minimum atomic E-state index is -0.522. The summed E-state index contributed by atoms with van der Waals surface area (Å²) in [7, 11) is 0. The normalized spacial score (nSPS) is 10.7. The molecule has 3 aromatic rings. The van der Waals surface area contributed by atoms with Gasteiger partial charge in [0.15, 0.2) is 5.96 Å². The maximum atomic E-state index is 13.5. The quantitative estimate of drug-likeness (QED) is 0.221. The Labute approximate surface area is 202 Å². The molecule has 34 heavy (non-hydrogen) atoms. The van der Waals surface area contributed by atoms with Crippen molar-refractivity contribution in [1.29, 1.82) is 5.41 Å². The number of amides is 1. The number of hydrogen-bond acceptors (Lipinski definition) is 3. The summed E-state index contributed by atoms with van der Waals surface area (Å²) >= 11 is 0. The van der Waals surface area contributed by atoms with E-state index < -0.39 is 5.92 Å². The van der Waals surface area contributed by atoms with Crippen molar-refractivity contribution in [2.75, 3.05) is 6.54 Å². The second-order valence-corrected chi connectivity index (χ2v) is 8.46. The lowest BCUT2D eigenvalue weighted by Crippen LogP contribution is -2.44. The van der Waals surface area contributed by atoms with Crippen molar-refractivity contribution in [2.24, 2.45) is 5.73 Å². The Morgan fingerprint density at radius 3 is 1.79 bits per heavy atom. The molecule has 3 N–H and O–H groups in total. The number of Topliss-reactive ketones (excluding diaryl/α,β-unsaturated/α-hetero) is 1. The van der Waals surface area contributed by atoms with Crippen molar-refractivity contribution in [3.63, 3.8) is 0 Å². The van der Waals surface area contributed by atoms with Crippen LogP contribution in [0.15, 0.2) is 91.0 Å². The number of unbranched alkanes of at least 4 members (excludes halogenated alkanes) is 2. The number of aryl methyl sites for hydroxylation is 1. The number of nitrogens with one attached hydrogen (secondary N) is 1. The lowest BCUT2D eigenvalue weighted by molar-refractivity contribution is -0.128. The van der Waals surface area contributed by atoms with Gasteiger partial charge in [-0.2, -0.15) is 0 Å². The van der Waals surface area contributed by atoms with Crippen molar-refractivity contribution >= 4 is 17.6 Å². The van der Waals surface area contributed by atoms with Crippen LogP contribution in [0.1, 0.15) is 54.7 Å². The zero-order chi connectivity index (χ0) is 24.2. The van der Waals surface area contributed by atoms with E-state index in [0.29, 0.717) is 25.8 Å². The van der Waals surface area contributed by atoms with Crippen LogP contribution in [0.25, 0.3) is 0 Å². The molecular weight excluding hydrogens is 422 g/mol. The van der Waals surface area contributed by atoms with Crippen molar-refractivity contribution in [3.8, 4) is 0 Å². The molecule has 0 atom stereocenters. The topological polar surface area (TPSA) is 87.2 Å². The summed E-state index contributed by atoms with van der Waals surface area (Å²) in [6, 6.07) is 29.2. The summed E-state index contributed by atoms with van der Waals surface area (Å²) in [5, 5.41) is 8.01. The van der Waals surface area contributed by atoms with Gasteiger partial charge in [-0.1, -0.05) is 97.4 Å². The standard InChI is InChI=1S/C29H33N3O2/c30-29(31)32(22-12-4-11-19-26(33)21-20-23-13-5-1-6-14-23)28(34)27(24-15-7-2-8-16-24)25-17-9-3-10-18-25/h1-3,5-10,13-18,27H,4,11-12,19-22H2,(H3,30,31). The van der Waals surface area contributed by atoms with E-state index >= 15 is 0 Å². The van der Waals surface area contributed by atoms with Crippen molar-refractivity contribution in [2.45, 2.75) is 44.4 Å². The van der Waals surface area contributed by atoms with Crippen LogP contribution in [0.2, 0.25) is 0 Å². The zero-order valence-electron chi connectivity index (χ0n) is 19.5. The maximum absolute atomic E-state index is 13.5. The van der Waals surface area contributed by atoms with Gasteiger partial charge in [-0.3, -0.25) is 19.9 Å². The first kappa shape index (κ1) is 24.9. The highest BCUT2D eigenvalue weighted by Crippen LogP contribution is 2.27. The fourth-order valence-corrected chi connectivity index (χ4v) is 4.10. The number of carbonyl (C=O) groups is 2. The highest BCUT2D eigenvalue weighted by molar-refractivity contribution is 5.99. The van der Waals surface area contributed by atoms with Crippen LogP contribution >= 0.6 is 0 Å². The molecule has 0 aliphatic heterocycles. The Hall–Kier alpha value is -3.73. The van der Waals surface area contributed by atoms with E-state index in [4.69, 9.17) is 11.1 Å². The molecular formula is C29H33N3O2. The zero-order valence-corrected chi connectivity index (χ0v) is 19.5. The molecule has 0 aliphatic rings. The van der Waals surface area contributed by atoms with Gasteiger partial charge in [0, 0.05) is 19.4 Å². The largest absolute Gasteiger partial charge is 0.370 e. The summed E-state index contributed by atoms with van der Waals surface area (Å²) in [5.41, 5.74) is 8.74. The Bertz CT molecular complexity index is 1010. The average molecular weight is 456 g/mol. The van der Waals surface area contributed by atoms with E-state index in [1.807, 2.05) is 91.0 Å². The van der Waals surface area contributed by atoms with Crippen LogP contribution in [0.3, 0.4) is 0 Å². The van der Waals surface area contributed by atoms with E-state index in [-0.39, 0.29) is 17.6 Å². The summed E-state index contributed by atoms with van der Waals surface area (Å²) in [6.07, 6.45) is 4.12. The van der Waals surface area contributed by atoms with Crippen molar-refractivity contribution in [1.82, 2.24) is 4.90 Å². The second kappa shape index (κ2) is 13.1. The van der Waals surface area contributed by atoms with Crippen molar-refractivity contribution < 1.29 is 9.59 Å². The number of carbonyl (C=O) groups excluding carboxylic acids is 2. The SMILES string of the molecule is N=C(N)N(CCCCCC(=O)CCc1ccccc1)C(=O)C(c1ccccc1)c1ccccc1. The Balaban J connectivity index is 1.53. The maximum Gasteiger partial charge on any atom is 0.241 e. The number of ketones is 1. The Morgan fingerprint density at radius 1 is 0.735 bits per heavy atom. The van der Waals surface area contributed by atoms with Crippen LogP contribution in [0.4, 0.5) is 0 Å². The molecule has 1 amide bonds. The molecule has 0 saturated carbocycles. The van der Waals surface area contributed by atoms with Gasteiger partial charge in [0.25, 0.3) is 0 Å². The van der Waals surface area contributed by atoms with E-state index in [9.17, 15) is 9.59 Å². The Morgan fingerprint density at radius 2 is 1.26 bits per heavy atom. The molecule has 0 aliphatic carbocycles. The smallest absolute Gasteiger partial charge is 0.241 e. The van der Waals surface area contributed by atoms with Gasteiger partial charge in [0.1, 0.15) is 5.78 Å². The number of nitrogens with two attached hydrogens (primary N) is 1. The molecule has 0 spiro atoms. The monoisotopic (exact) mass is 455 g/mol. The van der Waals surface area contributed by atoms with Gasteiger partial charge in [-0.05, 0) is 36.0 Å². The molecule has 176 valence electrons. The number of benzene rings is 3. The molecule has 3 aromatic carbocycles. The summed E-state index contributed by atoms with van der Waals surface area (Å²) in [5.74, 6) is -0.716. The number of guanidine groups is 1. The lowest BCUT2D eigenvalue weighted by atomic mass is 9.90. The van der Waals surface area contributed by atoms with Crippen LogP contribution in [0, 0.1) is 5.41 Å². The molecule has 0 bridgehead atoms. The summed E-state index contributed by atoms with van der Waals surface area (Å²) < 4.78 is 0. The molecule has 0 unspecified atom stereocenters. The third-order valence-corrected chi connectivity index (χ3v) is 5.94. The molecule has 5 heteroatoms. The van der Waals surface area contributed by atoms with Gasteiger partial charge in [-0.25, -0.2) is 0 Å². The lowest BCUT2D eigenvalue weighted by Gasteiger charge is -2.26. The van der Waals surface area contributed by atoms with Gasteiger partial charge in [0.05, 0.1) is 5.92 Å². The first-order chi connectivity index (χ1) is 16.6. The number of rotatable bonds is 12. The summed E-state index contributed by atoms with van der Waals surface area (Å²) in [6.45, 7) is 0.364. The fourth-order valence-electron chi connectivity index (χ4n) is 4.10. The predicted octanol–water partition coefficient (Wildman–Crippen LogP) is 5.30. The van der Waals surface area contributed by atoms with Crippen LogP contribution in [-0.2, 0) is 16.0 Å². The van der Waals surface area contributed by atoms with Crippen molar-refractivity contribution in [3.05, 3.63) is 108 Å². The second-order valence-electron chi connectivity index (χ2n) is 8.46. The third kappa shape index (κ3) is 7.41. The van der Waals surface area contributed by atoms with Crippen LogP contribution < -0.4 is 5.73 Å². The predicted molar refractivity (Wildman–Crippen MR) is 137 cm³/mol. The van der Waals surface area contributed by atoms with E-state index in [2.05, 4.69) is 0 Å². The van der Waals surface area contributed by atoms with Gasteiger partial charge >= 0.3 is 0 Å². The molecule has 0 heterocycles. The minimum Gasteiger partial charge on any atom is -0.370 e. The Kier molecular flexibility index (Phi) is 9.59. The first-order valence-electron chi connectivity index (χ1n) is 11.9. The van der Waals surface area contributed by atoms with Gasteiger partial charge in [0.2, 0.25) is 5.91 Å². The minimum absolute atomic E-state index is 0.205. The molecule has 0 aromatic heterocycles. The van der Waals surface area contributed by atoms with E-state index in [1.165, 1.54) is 10.5 Å². The summed E-state index contributed by atoms with van der Waals surface area (Å²) in [4.78, 5) is 27.1. The highest BCUT2D eigenvalue weighted by Gasteiger charge is 2.28. The van der Waals surface area contributed by atoms with Crippen LogP contribution in [-0.4, -0.2) is 29.1 Å². The molecule has 5 nitrogen and oxygen atoms in total. The van der Waals surface area contributed by atoms with Crippen LogP contribution in [0.5, 0.6) is 0 Å². The van der Waals surface area contributed by atoms with E-state index in [1.54, 1.807) is 0 Å². The number of hydrogen-bond donors (Lipinski definition) is 2. The average Bonchev–Trinajstić information content (AvgIpc) is 2.86. The highest BCUT2D eigenvalue weighted by atomic mass is 16.2. The van der Waals surface area contributed by atoms with Gasteiger partial charge < -0.3 is 5.73 Å². The first-order valence-corrected chi connectivity index (χ1v) is 11.9. The molecule has 0 saturated heterocycles. The van der Waals surface area contributed by atoms with Gasteiger partial charge in [-0.15, -0.1) is 0 Å². The molecule has 0 fully saturated rings. The van der Waals surface area contributed by atoms with E-state index in [0.717, 1.165) is 30.4 Å².